The second-order valence-corrected chi connectivity index (χ2v) is 3.29. The number of hydrogen-bond donors (Lipinski definition) is 1. The van der Waals surface area contributed by atoms with Crippen LogP contribution in [0.2, 0.25) is 0 Å². The van der Waals surface area contributed by atoms with E-state index in [0.29, 0.717) is 26.4 Å². The topological polar surface area (TPSA) is 39.7 Å². The Morgan fingerprint density at radius 3 is 1.53 bits per heavy atom. The molecule has 0 unspecified atom stereocenters. The lowest BCUT2D eigenvalue weighted by molar-refractivity contribution is 0.0148. The molecule has 0 aromatic carbocycles. The number of unbranched alkanes of at least 4 members (excludes halogenated alkanes) is 1. The van der Waals surface area contributed by atoms with Gasteiger partial charge in [0.1, 0.15) is 0 Å². The highest BCUT2D eigenvalue weighted by atomic mass is 16.5. The van der Waals surface area contributed by atoms with Crippen LogP contribution in [0.25, 0.3) is 0 Å². The Morgan fingerprint density at radius 1 is 0.684 bits per heavy atom. The van der Waals surface area contributed by atoms with Gasteiger partial charge in [-0.05, 0) is 13.5 Å². The van der Waals surface area contributed by atoms with Crippen molar-refractivity contribution in [1.82, 2.24) is 5.32 Å². The van der Waals surface area contributed by atoms with Crippen molar-refractivity contribution >= 4 is 0 Å². The summed E-state index contributed by atoms with van der Waals surface area (Å²) in [5.74, 6) is 0. The van der Waals surface area contributed by atoms with Crippen LogP contribution in [0.1, 0.15) is 47.5 Å². The fraction of sp³-hybridized carbons (Fsp3) is 1.00. The Bertz CT molecular complexity index is 102. The van der Waals surface area contributed by atoms with E-state index in [1.807, 2.05) is 34.7 Å². The summed E-state index contributed by atoms with van der Waals surface area (Å²) in [7, 11) is 1.91. The summed E-state index contributed by atoms with van der Waals surface area (Å²) in [6, 6.07) is 0. The molecule has 0 aromatic heterocycles. The van der Waals surface area contributed by atoms with Crippen LogP contribution < -0.4 is 5.32 Å². The number of rotatable bonds is 12. The average molecular weight is 279 g/mol. The Hall–Kier alpha value is -0.160. The van der Waals surface area contributed by atoms with E-state index in [1.54, 1.807) is 0 Å². The van der Waals surface area contributed by atoms with Crippen LogP contribution in [0.15, 0.2) is 0 Å². The maximum atomic E-state index is 5.34. The molecule has 0 aromatic rings. The molecule has 1 N–H and O–H groups in total. The van der Waals surface area contributed by atoms with Crippen molar-refractivity contribution in [2.75, 3.05) is 53.2 Å². The van der Waals surface area contributed by atoms with E-state index < -0.39 is 0 Å². The molecule has 0 fully saturated rings. The summed E-state index contributed by atoms with van der Waals surface area (Å²) < 4.78 is 16.0. The van der Waals surface area contributed by atoms with Crippen molar-refractivity contribution in [3.63, 3.8) is 0 Å². The molecular formula is C15H37NO3. The summed E-state index contributed by atoms with van der Waals surface area (Å²) in [5, 5.41) is 3.01. The largest absolute Gasteiger partial charge is 0.379 e. The molecule has 4 heteroatoms. The number of hydrogen-bond acceptors (Lipinski definition) is 4. The van der Waals surface area contributed by atoms with Crippen molar-refractivity contribution in [3.8, 4) is 0 Å². The minimum absolute atomic E-state index is 0.654. The van der Waals surface area contributed by atoms with Crippen LogP contribution in [-0.4, -0.2) is 53.2 Å². The van der Waals surface area contributed by atoms with E-state index in [1.165, 1.54) is 6.42 Å². The smallest absolute Gasteiger partial charge is 0.0701 e. The molecule has 0 bridgehead atoms. The zero-order chi connectivity index (χ0) is 15.2. The average Bonchev–Trinajstić information content (AvgIpc) is 2.49. The zero-order valence-corrected chi connectivity index (χ0v) is 14.1. The highest BCUT2D eigenvalue weighted by molar-refractivity contribution is 4.37. The maximum Gasteiger partial charge on any atom is 0.0701 e. The molecule has 0 aliphatic rings. The van der Waals surface area contributed by atoms with Crippen molar-refractivity contribution in [3.05, 3.63) is 0 Å². The molecule has 0 radical (unpaired) electrons. The third-order valence-electron chi connectivity index (χ3n) is 1.88. The van der Waals surface area contributed by atoms with Crippen LogP contribution in [0, 0.1) is 0 Å². The molecule has 0 amide bonds. The SMILES string of the molecule is CC.CC.CCCCOCCOCCOCCNC. The standard InChI is InChI=1S/C11H25NO3.2C2H6/c1-3-4-6-13-8-10-15-11-9-14-7-5-12-2;2*1-2/h12H,3-11H2,1-2H3;2*1-2H3. The minimum Gasteiger partial charge on any atom is -0.379 e. The zero-order valence-electron chi connectivity index (χ0n) is 14.1. The Balaban J connectivity index is -0.000000579. The van der Waals surface area contributed by atoms with E-state index in [2.05, 4.69) is 12.2 Å². The molecule has 0 aliphatic heterocycles. The second-order valence-electron chi connectivity index (χ2n) is 3.29. The summed E-state index contributed by atoms with van der Waals surface area (Å²) in [5.41, 5.74) is 0. The number of ether oxygens (including phenoxy) is 3. The van der Waals surface area contributed by atoms with E-state index in [-0.39, 0.29) is 0 Å². The number of nitrogens with one attached hydrogen (secondary N) is 1. The first-order chi connectivity index (χ1) is 9.41. The first-order valence-electron chi connectivity index (χ1n) is 7.79. The van der Waals surface area contributed by atoms with Gasteiger partial charge in [-0.1, -0.05) is 41.0 Å². The summed E-state index contributed by atoms with van der Waals surface area (Å²) >= 11 is 0. The van der Waals surface area contributed by atoms with E-state index in [9.17, 15) is 0 Å². The van der Waals surface area contributed by atoms with Crippen LogP contribution in [0.5, 0.6) is 0 Å². The molecule has 0 aliphatic carbocycles. The molecule has 120 valence electrons. The third-order valence-corrected chi connectivity index (χ3v) is 1.88. The molecule has 19 heavy (non-hydrogen) atoms. The van der Waals surface area contributed by atoms with E-state index >= 15 is 0 Å². The van der Waals surface area contributed by atoms with Gasteiger partial charge in [-0.25, -0.2) is 0 Å². The highest BCUT2D eigenvalue weighted by Crippen LogP contribution is 1.87. The first-order valence-corrected chi connectivity index (χ1v) is 7.79. The minimum atomic E-state index is 0.654. The van der Waals surface area contributed by atoms with Gasteiger partial charge in [0.2, 0.25) is 0 Å². The van der Waals surface area contributed by atoms with E-state index in [4.69, 9.17) is 14.2 Å². The number of likely N-dealkylation sites (N-methyl/N-ethyl adjacent to an activating group) is 1. The lowest BCUT2D eigenvalue weighted by atomic mass is 10.4. The molecule has 0 spiro atoms. The molecule has 0 heterocycles. The molecule has 0 saturated carbocycles. The monoisotopic (exact) mass is 279 g/mol. The predicted molar refractivity (Wildman–Crippen MR) is 84.0 cm³/mol. The van der Waals surface area contributed by atoms with Gasteiger partial charge in [-0.3, -0.25) is 0 Å². The Morgan fingerprint density at radius 2 is 1.11 bits per heavy atom. The van der Waals surface area contributed by atoms with Crippen molar-refractivity contribution in [1.29, 1.82) is 0 Å². The quantitative estimate of drug-likeness (QED) is 0.557. The van der Waals surface area contributed by atoms with Crippen LogP contribution in [0.3, 0.4) is 0 Å². The summed E-state index contributed by atoms with van der Waals surface area (Å²) in [6.07, 6.45) is 2.31. The van der Waals surface area contributed by atoms with Crippen molar-refractivity contribution in [2.45, 2.75) is 47.5 Å². The van der Waals surface area contributed by atoms with Gasteiger partial charge in [-0.15, -0.1) is 0 Å². The fourth-order valence-electron chi connectivity index (χ4n) is 0.963. The fourth-order valence-corrected chi connectivity index (χ4v) is 0.963. The molecular weight excluding hydrogens is 242 g/mol. The van der Waals surface area contributed by atoms with Gasteiger partial charge in [-0.2, -0.15) is 0 Å². The maximum absolute atomic E-state index is 5.34. The van der Waals surface area contributed by atoms with Gasteiger partial charge in [0.25, 0.3) is 0 Å². The van der Waals surface area contributed by atoms with Gasteiger partial charge in [0.15, 0.2) is 0 Å². The molecule has 0 atom stereocenters. The van der Waals surface area contributed by atoms with Gasteiger partial charge >= 0.3 is 0 Å². The normalized spacial score (nSPS) is 9.16. The lowest BCUT2D eigenvalue weighted by Gasteiger charge is -2.06. The summed E-state index contributed by atoms with van der Waals surface area (Å²) in [6.45, 7) is 15.3. The van der Waals surface area contributed by atoms with Gasteiger partial charge in [0, 0.05) is 13.2 Å². The Kier molecular flexibility index (Phi) is 38.6. The van der Waals surface area contributed by atoms with Crippen molar-refractivity contribution in [2.24, 2.45) is 0 Å². The summed E-state index contributed by atoms with van der Waals surface area (Å²) in [4.78, 5) is 0. The van der Waals surface area contributed by atoms with Crippen molar-refractivity contribution < 1.29 is 14.2 Å². The van der Waals surface area contributed by atoms with E-state index in [0.717, 1.165) is 26.2 Å². The first kappa shape index (κ1) is 23.9. The molecule has 0 rings (SSSR count). The predicted octanol–water partition coefficient (Wildman–Crippen LogP) is 3.11. The van der Waals surface area contributed by atoms with Gasteiger partial charge < -0.3 is 19.5 Å². The highest BCUT2D eigenvalue weighted by Gasteiger charge is 1.90. The third kappa shape index (κ3) is 31.9. The second kappa shape index (κ2) is 30.7. The Labute approximate surface area is 121 Å². The molecule has 4 nitrogen and oxygen atoms in total. The van der Waals surface area contributed by atoms with Crippen LogP contribution in [-0.2, 0) is 14.2 Å². The molecule has 0 saturated heterocycles. The van der Waals surface area contributed by atoms with Gasteiger partial charge in [0.05, 0.1) is 33.0 Å². The van der Waals surface area contributed by atoms with Crippen LogP contribution >= 0.6 is 0 Å². The lowest BCUT2D eigenvalue weighted by Crippen LogP contribution is -2.16. The van der Waals surface area contributed by atoms with Crippen LogP contribution in [0.4, 0.5) is 0 Å².